The summed E-state index contributed by atoms with van der Waals surface area (Å²) in [6.45, 7) is 4.33. The Morgan fingerprint density at radius 2 is 1.74 bits per heavy atom. The monoisotopic (exact) mass is 380 g/mol. The van der Waals surface area contributed by atoms with E-state index in [0.717, 1.165) is 6.42 Å². The second kappa shape index (κ2) is 9.86. The fourth-order valence-corrected chi connectivity index (χ4v) is 4.85. The van der Waals surface area contributed by atoms with Crippen LogP contribution in [0.15, 0.2) is 12.1 Å². The Bertz CT molecular complexity index is 596. The highest BCUT2D eigenvalue weighted by molar-refractivity contribution is 5.31. The second-order valence-electron chi connectivity index (χ2n) is 8.27. The van der Waals surface area contributed by atoms with E-state index >= 15 is 0 Å². The molecule has 1 aliphatic heterocycles. The van der Waals surface area contributed by atoms with Crippen molar-refractivity contribution in [2.24, 2.45) is 11.8 Å². The van der Waals surface area contributed by atoms with Crippen LogP contribution < -0.4 is 4.74 Å². The molecule has 0 bridgehead atoms. The molecule has 2 aliphatic rings. The van der Waals surface area contributed by atoms with Crippen LogP contribution in [0.25, 0.3) is 0 Å². The van der Waals surface area contributed by atoms with Crippen molar-refractivity contribution in [3.63, 3.8) is 0 Å². The molecule has 27 heavy (non-hydrogen) atoms. The molecule has 1 aromatic rings. The summed E-state index contributed by atoms with van der Waals surface area (Å²) in [4.78, 5) is 0. The van der Waals surface area contributed by atoms with Gasteiger partial charge < -0.3 is 9.47 Å². The Hall–Kier alpha value is -1.16. The van der Waals surface area contributed by atoms with E-state index < -0.39 is 11.6 Å². The summed E-state index contributed by atoms with van der Waals surface area (Å²) in [5, 5.41) is 0. The fourth-order valence-electron chi connectivity index (χ4n) is 4.85. The van der Waals surface area contributed by atoms with Crippen molar-refractivity contribution in [1.82, 2.24) is 0 Å². The van der Waals surface area contributed by atoms with Gasteiger partial charge in [0.05, 0.1) is 18.8 Å². The third-order valence-corrected chi connectivity index (χ3v) is 6.42. The van der Waals surface area contributed by atoms with Gasteiger partial charge in [0.2, 0.25) is 5.82 Å². The molecule has 2 atom stereocenters. The average Bonchev–Trinajstić information content (AvgIpc) is 3.14. The van der Waals surface area contributed by atoms with Crippen LogP contribution in [0.3, 0.4) is 0 Å². The number of aryl methyl sites for hydroxylation is 1. The van der Waals surface area contributed by atoms with E-state index in [-0.39, 0.29) is 5.75 Å². The third-order valence-electron chi connectivity index (χ3n) is 6.42. The Morgan fingerprint density at radius 3 is 2.44 bits per heavy atom. The molecule has 0 aromatic heterocycles. The first-order valence-electron chi connectivity index (χ1n) is 10.9. The molecule has 1 saturated heterocycles. The van der Waals surface area contributed by atoms with Gasteiger partial charge >= 0.3 is 0 Å². The lowest BCUT2D eigenvalue weighted by molar-refractivity contribution is -0.00726. The first-order valence-corrected chi connectivity index (χ1v) is 10.9. The molecule has 4 heteroatoms. The fraction of sp³-hybridized carbons (Fsp3) is 0.739. The van der Waals surface area contributed by atoms with Crippen LogP contribution in [0.4, 0.5) is 8.78 Å². The minimum atomic E-state index is -0.849. The smallest absolute Gasteiger partial charge is 0.200 e. The molecule has 1 saturated carbocycles. The van der Waals surface area contributed by atoms with E-state index in [4.69, 9.17) is 9.47 Å². The summed E-state index contributed by atoms with van der Waals surface area (Å²) >= 11 is 0. The SMILES string of the molecule is CCCC1CCC(C2CCC(CCc3ccc(OCC)c(F)c3F)CC2)O1. The van der Waals surface area contributed by atoms with Crippen molar-refractivity contribution in [3.8, 4) is 5.75 Å². The standard InChI is InChI=1S/C23H34F2O2/c1-3-5-19-13-15-20(27-19)17-9-6-16(7-10-17)8-11-18-12-14-21(26-4-2)23(25)22(18)24/h12,14,16-17,19-20H,3-11,13,15H2,1-2H3. The number of benzene rings is 1. The van der Waals surface area contributed by atoms with Crippen LogP contribution in [-0.4, -0.2) is 18.8 Å². The predicted octanol–water partition coefficient (Wildman–Crippen LogP) is 6.45. The molecule has 0 N–H and O–H groups in total. The van der Waals surface area contributed by atoms with Crippen molar-refractivity contribution in [2.45, 2.75) is 90.3 Å². The van der Waals surface area contributed by atoms with Gasteiger partial charge in [-0.25, -0.2) is 4.39 Å². The van der Waals surface area contributed by atoms with Gasteiger partial charge in [-0.05, 0) is 75.3 Å². The lowest BCUT2D eigenvalue weighted by Crippen LogP contribution is -2.26. The van der Waals surface area contributed by atoms with Gasteiger partial charge in [0.15, 0.2) is 11.6 Å². The van der Waals surface area contributed by atoms with Crippen molar-refractivity contribution in [2.75, 3.05) is 6.61 Å². The van der Waals surface area contributed by atoms with E-state index in [1.165, 1.54) is 51.4 Å². The minimum absolute atomic E-state index is 0.0113. The molecule has 2 nitrogen and oxygen atoms in total. The number of hydrogen-bond acceptors (Lipinski definition) is 2. The molecule has 2 unspecified atom stereocenters. The predicted molar refractivity (Wildman–Crippen MR) is 104 cm³/mol. The van der Waals surface area contributed by atoms with Crippen LogP contribution in [0.5, 0.6) is 5.75 Å². The number of rotatable bonds is 8. The molecular weight excluding hydrogens is 346 g/mol. The van der Waals surface area contributed by atoms with E-state index in [0.29, 0.717) is 42.6 Å². The van der Waals surface area contributed by atoms with Crippen molar-refractivity contribution in [3.05, 3.63) is 29.3 Å². The summed E-state index contributed by atoms with van der Waals surface area (Å²) in [7, 11) is 0. The van der Waals surface area contributed by atoms with Crippen LogP contribution in [0.2, 0.25) is 0 Å². The molecule has 3 rings (SSSR count). The largest absolute Gasteiger partial charge is 0.491 e. The van der Waals surface area contributed by atoms with E-state index in [2.05, 4.69) is 6.92 Å². The molecule has 1 aliphatic carbocycles. The lowest BCUT2D eigenvalue weighted by Gasteiger charge is -2.32. The molecular formula is C23H34F2O2. The number of ether oxygens (including phenoxy) is 2. The summed E-state index contributed by atoms with van der Waals surface area (Å²) < 4.78 is 39.6. The summed E-state index contributed by atoms with van der Waals surface area (Å²) in [5.74, 6) is -0.267. The maximum Gasteiger partial charge on any atom is 0.200 e. The zero-order valence-corrected chi connectivity index (χ0v) is 16.8. The van der Waals surface area contributed by atoms with Crippen LogP contribution in [0.1, 0.15) is 77.2 Å². The minimum Gasteiger partial charge on any atom is -0.491 e. The highest BCUT2D eigenvalue weighted by atomic mass is 19.2. The molecule has 1 heterocycles. The van der Waals surface area contributed by atoms with Crippen LogP contribution in [-0.2, 0) is 11.2 Å². The topological polar surface area (TPSA) is 18.5 Å². The molecule has 2 fully saturated rings. The van der Waals surface area contributed by atoms with Gasteiger partial charge in [-0.15, -0.1) is 0 Å². The molecule has 0 spiro atoms. The zero-order valence-electron chi connectivity index (χ0n) is 16.8. The van der Waals surface area contributed by atoms with Crippen LogP contribution >= 0.6 is 0 Å². The Morgan fingerprint density at radius 1 is 0.963 bits per heavy atom. The van der Waals surface area contributed by atoms with Gasteiger partial charge in [0, 0.05) is 0 Å². The highest BCUT2D eigenvalue weighted by Gasteiger charge is 2.33. The van der Waals surface area contributed by atoms with Gasteiger partial charge in [-0.2, -0.15) is 4.39 Å². The average molecular weight is 381 g/mol. The molecule has 0 radical (unpaired) electrons. The third kappa shape index (κ3) is 5.22. The van der Waals surface area contributed by atoms with Crippen molar-refractivity contribution < 1.29 is 18.3 Å². The van der Waals surface area contributed by atoms with Gasteiger partial charge in [0.1, 0.15) is 0 Å². The van der Waals surface area contributed by atoms with E-state index in [1.54, 1.807) is 19.1 Å². The van der Waals surface area contributed by atoms with Crippen LogP contribution in [0, 0.1) is 23.5 Å². The Kier molecular flexibility index (Phi) is 7.51. The maximum atomic E-state index is 14.2. The van der Waals surface area contributed by atoms with E-state index in [1.807, 2.05) is 0 Å². The Labute approximate surface area is 162 Å². The molecule has 152 valence electrons. The normalized spacial score (nSPS) is 28.4. The van der Waals surface area contributed by atoms with Crippen molar-refractivity contribution >= 4 is 0 Å². The Balaban J connectivity index is 1.44. The first kappa shape index (κ1) is 20.6. The van der Waals surface area contributed by atoms with E-state index in [9.17, 15) is 8.78 Å². The van der Waals surface area contributed by atoms with Crippen molar-refractivity contribution in [1.29, 1.82) is 0 Å². The number of halogens is 2. The van der Waals surface area contributed by atoms with Gasteiger partial charge in [0.25, 0.3) is 0 Å². The summed E-state index contributed by atoms with van der Waals surface area (Å²) in [6.07, 6.45) is 12.1. The number of hydrogen-bond donors (Lipinski definition) is 0. The first-order chi connectivity index (χ1) is 13.1. The molecule has 1 aromatic carbocycles. The second-order valence-corrected chi connectivity index (χ2v) is 8.27. The van der Waals surface area contributed by atoms with Gasteiger partial charge in [-0.3, -0.25) is 0 Å². The zero-order chi connectivity index (χ0) is 19.2. The summed E-state index contributed by atoms with van der Waals surface area (Å²) in [6, 6.07) is 3.23. The quantitative estimate of drug-likeness (QED) is 0.516. The highest BCUT2D eigenvalue weighted by Crippen LogP contribution is 2.39. The maximum absolute atomic E-state index is 14.2. The lowest BCUT2D eigenvalue weighted by atomic mass is 9.77. The van der Waals surface area contributed by atoms with Gasteiger partial charge in [-0.1, -0.05) is 32.3 Å². The summed E-state index contributed by atoms with van der Waals surface area (Å²) in [5.41, 5.74) is 0.472. The molecule has 0 amide bonds.